The summed E-state index contributed by atoms with van der Waals surface area (Å²) in [6.45, 7) is 1.79. The number of pyridine rings is 1. The highest BCUT2D eigenvalue weighted by Crippen LogP contribution is 2.30. The fourth-order valence-corrected chi connectivity index (χ4v) is 8.06. The molecule has 202 valence electrons. The number of sulfonamides is 1. The SMILES string of the molecule is O=C(CC1CN(S(=O)(=O)c2ccc3cc(Cl)ccc3c2)CCN1C(=O)c1cc2ncccc2s1)N1CCCC1. The Bertz CT molecular complexity index is 1650. The molecule has 2 aromatic heterocycles. The maximum Gasteiger partial charge on any atom is 0.264 e. The average Bonchev–Trinajstić information content (AvgIpc) is 3.63. The molecule has 39 heavy (non-hydrogen) atoms. The van der Waals surface area contributed by atoms with Gasteiger partial charge in [0.2, 0.25) is 15.9 Å². The third-order valence-electron chi connectivity index (χ3n) is 7.49. The molecule has 0 aliphatic carbocycles. The molecule has 0 saturated carbocycles. The van der Waals surface area contributed by atoms with Crippen LogP contribution >= 0.6 is 22.9 Å². The highest BCUT2D eigenvalue weighted by atomic mass is 35.5. The van der Waals surface area contributed by atoms with Gasteiger partial charge >= 0.3 is 0 Å². The molecular weight excluding hydrogens is 556 g/mol. The van der Waals surface area contributed by atoms with E-state index in [1.807, 2.05) is 17.0 Å². The second-order valence-electron chi connectivity index (χ2n) is 9.96. The van der Waals surface area contributed by atoms with Crippen molar-refractivity contribution < 1.29 is 18.0 Å². The number of thiophene rings is 1. The number of amides is 2. The molecule has 2 amide bonds. The number of halogens is 1. The van der Waals surface area contributed by atoms with Gasteiger partial charge in [-0.1, -0.05) is 23.7 Å². The van der Waals surface area contributed by atoms with E-state index >= 15 is 0 Å². The summed E-state index contributed by atoms with van der Waals surface area (Å²) in [7, 11) is -3.86. The predicted octanol–water partition coefficient (Wildman–Crippen LogP) is 4.63. The van der Waals surface area contributed by atoms with Gasteiger partial charge in [0.05, 0.1) is 26.0 Å². The second-order valence-corrected chi connectivity index (χ2v) is 13.4. The Morgan fingerprint density at radius 1 is 0.974 bits per heavy atom. The minimum absolute atomic E-state index is 0.0462. The van der Waals surface area contributed by atoms with Crippen LogP contribution in [-0.2, 0) is 14.8 Å². The van der Waals surface area contributed by atoms with E-state index in [-0.39, 0.29) is 42.8 Å². The van der Waals surface area contributed by atoms with Crippen LogP contribution < -0.4 is 0 Å². The first kappa shape index (κ1) is 26.2. The standard InChI is InChI=1S/C28H27ClN4O4S2/c29-21-7-5-20-15-23(8-6-19(20)14-21)39(36,37)32-12-13-33(22(18-32)16-27(34)31-10-1-2-11-31)28(35)26-17-24-25(38-26)4-3-9-30-24/h3-9,14-15,17,22H,1-2,10-13,16,18H2. The molecule has 2 saturated heterocycles. The van der Waals surface area contributed by atoms with E-state index in [0.29, 0.717) is 23.0 Å². The molecule has 1 unspecified atom stereocenters. The molecule has 2 fully saturated rings. The van der Waals surface area contributed by atoms with Crippen molar-refractivity contribution in [1.82, 2.24) is 19.1 Å². The number of fused-ring (bicyclic) bond motifs is 2. The first-order valence-electron chi connectivity index (χ1n) is 12.9. The van der Waals surface area contributed by atoms with Crippen LogP contribution in [0.15, 0.2) is 65.7 Å². The first-order valence-corrected chi connectivity index (χ1v) is 15.6. The molecular formula is C28H27ClN4O4S2. The Balaban J connectivity index is 1.29. The Morgan fingerprint density at radius 2 is 1.74 bits per heavy atom. The fourth-order valence-electron chi connectivity index (χ4n) is 5.41. The van der Waals surface area contributed by atoms with Crippen LogP contribution in [0.4, 0.5) is 0 Å². The van der Waals surface area contributed by atoms with Crippen LogP contribution in [0, 0.1) is 0 Å². The lowest BCUT2D eigenvalue weighted by molar-refractivity contribution is -0.131. The van der Waals surface area contributed by atoms with Crippen molar-refractivity contribution in [2.24, 2.45) is 0 Å². The quantitative estimate of drug-likeness (QED) is 0.342. The Hall–Kier alpha value is -3.05. The van der Waals surface area contributed by atoms with E-state index in [0.717, 1.165) is 33.8 Å². The molecule has 2 aliphatic heterocycles. The molecule has 0 radical (unpaired) electrons. The number of benzene rings is 2. The summed E-state index contributed by atoms with van der Waals surface area (Å²) in [5.41, 5.74) is 0.745. The van der Waals surface area contributed by atoms with E-state index in [1.54, 1.807) is 53.6 Å². The van der Waals surface area contributed by atoms with E-state index in [4.69, 9.17) is 11.6 Å². The number of carbonyl (C=O) groups is 2. The zero-order valence-electron chi connectivity index (χ0n) is 21.1. The average molecular weight is 583 g/mol. The Labute approximate surface area is 235 Å². The zero-order chi connectivity index (χ0) is 27.1. The summed E-state index contributed by atoms with van der Waals surface area (Å²) < 4.78 is 29.8. The summed E-state index contributed by atoms with van der Waals surface area (Å²) in [6.07, 6.45) is 3.69. The van der Waals surface area contributed by atoms with Gasteiger partial charge in [0, 0.05) is 50.4 Å². The van der Waals surface area contributed by atoms with Gasteiger partial charge in [-0.05, 0) is 66.1 Å². The Kier molecular flexibility index (Phi) is 7.05. The van der Waals surface area contributed by atoms with Gasteiger partial charge in [-0.15, -0.1) is 11.3 Å². The number of carbonyl (C=O) groups excluding carboxylic acids is 2. The summed E-state index contributed by atoms with van der Waals surface area (Å²) >= 11 is 7.45. The van der Waals surface area contributed by atoms with E-state index in [2.05, 4.69) is 4.98 Å². The fraction of sp³-hybridized carbons (Fsp3) is 0.321. The number of rotatable bonds is 5. The monoisotopic (exact) mass is 582 g/mol. The largest absolute Gasteiger partial charge is 0.343 e. The maximum absolute atomic E-state index is 13.7. The lowest BCUT2D eigenvalue weighted by Gasteiger charge is -2.40. The first-order chi connectivity index (χ1) is 18.8. The van der Waals surface area contributed by atoms with Crippen LogP contribution in [-0.4, -0.2) is 78.1 Å². The second kappa shape index (κ2) is 10.5. The molecule has 8 nitrogen and oxygen atoms in total. The zero-order valence-corrected chi connectivity index (χ0v) is 23.5. The van der Waals surface area contributed by atoms with Crippen molar-refractivity contribution in [3.8, 4) is 0 Å². The van der Waals surface area contributed by atoms with Gasteiger partial charge in [-0.2, -0.15) is 4.31 Å². The van der Waals surface area contributed by atoms with Crippen LogP contribution in [0.1, 0.15) is 28.9 Å². The molecule has 2 aliphatic rings. The molecule has 0 N–H and O–H groups in total. The predicted molar refractivity (Wildman–Crippen MR) is 153 cm³/mol. The smallest absolute Gasteiger partial charge is 0.264 e. The molecule has 1 atom stereocenters. The van der Waals surface area contributed by atoms with Crippen molar-refractivity contribution in [3.63, 3.8) is 0 Å². The molecule has 0 spiro atoms. The summed E-state index contributed by atoms with van der Waals surface area (Å²) in [5.74, 6) is -0.244. The number of aromatic nitrogens is 1. The van der Waals surface area contributed by atoms with Crippen LogP contribution in [0.25, 0.3) is 21.0 Å². The summed E-state index contributed by atoms with van der Waals surface area (Å²) in [6, 6.07) is 15.2. The Morgan fingerprint density at radius 3 is 2.54 bits per heavy atom. The van der Waals surface area contributed by atoms with E-state index < -0.39 is 16.1 Å². The number of piperazine rings is 1. The number of nitrogens with zero attached hydrogens (tertiary/aromatic N) is 4. The molecule has 0 bridgehead atoms. The maximum atomic E-state index is 13.7. The summed E-state index contributed by atoms with van der Waals surface area (Å²) in [4.78, 5) is 35.4. The van der Waals surface area contributed by atoms with Gasteiger partial charge in [-0.25, -0.2) is 8.42 Å². The lowest BCUT2D eigenvalue weighted by atomic mass is 10.1. The normalized spacial score (nSPS) is 18.7. The third kappa shape index (κ3) is 5.14. The molecule has 4 heterocycles. The van der Waals surface area contributed by atoms with E-state index in [1.165, 1.54) is 15.6 Å². The van der Waals surface area contributed by atoms with Crippen molar-refractivity contribution in [2.75, 3.05) is 32.7 Å². The third-order valence-corrected chi connectivity index (χ3v) is 10.7. The highest BCUT2D eigenvalue weighted by Gasteiger charge is 2.39. The van der Waals surface area contributed by atoms with Gasteiger partial charge < -0.3 is 9.80 Å². The van der Waals surface area contributed by atoms with Crippen LogP contribution in [0.2, 0.25) is 5.02 Å². The van der Waals surface area contributed by atoms with Gasteiger partial charge in [-0.3, -0.25) is 14.6 Å². The van der Waals surface area contributed by atoms with Crippen LogP contribution in [0.5, 0.6) is 0 Å². The van der Waals surface area contributed by atoms with Gasteiger partial charge in [0.1, 0.15) is 0 Å². The topological polar surface area (TPSA) is 90.9 Å². The van der Waals surface area contributed by atoms with Crippen LogP contribution in [0.3, 0.4) is 0 Å². The van der Waals surface area contributed by atoms with Crippen molar-refractivity contribution in [3.05, 3.63) is 70.7 Å². The van der Waals surface area contributed by atoms with Gasteiger partial charge in [0.15, 0.2) is 0 Å². The minimum atomic E-state index is -3.86. The number of hydrogen-bond acceptors (Lipinski definition) is 6. The van der Waals surface area contributed by atoms with E-state index in [9.17, 15) is 18.0 Å². The molecule has 6 rings (SSSR count). The molecule has 2 aromatic carbocycles. The number of hydrogen-bond donors (Lipinski definition) is 0. The summed E-state index contributed by atoms with van der Waals surface area (Å²) in [5, 5.41) is 2.20. The van der Waals surface area contributed by atoms with Gasteiger partial charge in [0.25, 0.3) is 5.91 Å². The highest BCUT2D eigenvalue weighted by molar-refractivity contribution is 7.89. The molecule has 4 aromatic rings. The lowest BCUT2D eigenvalue weighted by Crippen LogP contribution is -2.57. The molecule has 11 heteroatoms. The number of likely N-dealkylation sites (tertiary alicyclic amines) is 1. The van der Waals surface area contributed by atoms with Crippen molar-refractivity contribution in [2.45, 2.75) is 30.2 Å². The van der Waals surface area contributed by atoms with Crippen molar-refractivity contribution in [1.29, 1.82) is 0 Å². The van der Waals surface area contributed by atoms with Crippen molar-refractivity contribution >= 4 is 65.8 Å². The minimum Gasteiger partial charge on any atom is -0.343 e.